The molecule has 2 amide bonds. The monoisotopic (exact) mass is 711 g/mol. The van der Waals surface area contributed by atoms with Gasteiger partial charge in [-0.2, -0.15) is 0 Å². The van der Waals surface area contributed by atoms with E-state index in [1.807, 2.05) is 37.3 Å². The molecule has 1 aliphatic carbocycles. The molecular formula is C36H36Cl3N3O4S. The molecule has 4 aromatic rings. The molecule has 0 saturated heterocycles. The summed E-state index contributed by atoms with van der Waals surface area (Å²) in [5.41, 5.74) is 2.37. The summed E-state index contributed by atoms with van der Waals surface area (Å²) < 4.78 is 29.4. The fraction of sp³-hybridized carbons (Fsp3) is 0.278. The minimum atomic E-state index is -4.25. The number of nitrogens with zero attached hydrogens (tertiary/aromatic N) is 2. The lowest BCUT2D eigenvalue weighted by Gasteiger charge is -2.34. The van der Waals surface area contributed by atoms with Crippen LogP contribution in [0.15, 0.2) is 102 Å². The van der Waals surface area contributed by atoms with Crippen LogP contribution >= 0.6 is 34.8 Å². The van der Waals surface area contributed by atoms with Crippen LogP contribution in [0.3, 0.4) is 0 Å². The average Bonchev–Trinajstić information content (AvgIpc) is 3.56. The topological polar surface area (TPSA) is 86.8 Å². The molecule has 11 heteroatoms. The fourth-order valence-corrected chi connectivity index (χ4v) is 7.88. The third-order valence-corrected chi connectivity index (χ3v) is 11.1. The number of hydrogen-bond acceptors (Lipinski definition) is 4. The van der Waals surface area contributed by atoms with Crippen LogP contribution in [0, 0.1) is 6.92 Å². The van der Waals surface area contributed by atoms with Gasteiger partial charge < -0.3 is 10.2 Å². The Balaban J connectivity index is 1.59. The molecule has 0 unspecified atom stereocenters. The number of amides is 2. The molecule has 0 spiro atoms. The van der Waals surface area contributed by atoms with E-state index >= 15 is 0 Å². The number of carbonyl (C=O) groups excluding carboxylic acids is 2. The van der Waals surface area contributed by atoms with Crippen molar-refractivity contribution in [2.75, 3.05) is 10.8 Å². The zero-order chi connectivity index (χ0) is 33.6. The van der Waals surface area contributed by atoms with Crippen molar-refractivity contribution in [3.63, 3.8) is 0 Å². The van der Waals surface area contributed by atoms with Gasteiger partial charge in [-0.3, -0.25) is 13.9 Å². The molecule has 1 aliphatic rings. The van der Waals surface area contributed by atoms with Crippen molar-refractivity contribution in [3.05, 3.63) is 129 Å². The maximum Gasteiger partial charge on any atom is 0.264 e. The van der Waals surface area contributed by atoms with E-state index < -0.39 is 28.5 Å². The van der Waals surface area contributed by atoms with Crippen LogP contribution in [-0.2, 0) is 32.6 Å². The molecule has 246 valence electrons. The Kier molecular flexibility index (Phi) is 11.5. The molecule has 1 atom stereocenters. The van der Waals surface area contributed by atoms with Gasteiger partial charge in [0.15, 0.2) is 0 Å². The van der Waals surface area contributed by atoms with Gasteiger partial charge in [-0.05, 0) is 67.8 Å². The summed E-state index contributed by atoms with van der Waals surface area (Å²) in [6.45, 7) is 1.12. The normalized spacial score (nSPS) is 14.0. The zero-order valence-corrected chi connectivity index (χ0v) is 29.0. The Bertz CT molecular complexity index is 1790. The number of rotatable bonds is 12. The number of anilines is 1. The molecule has 0 radical (unpaired) electrons. The number of halogens is 3. The molecule has 0 bridgehead atoms. The molecule has 0 aliphatic heterocycles. The van der Waals surface area contributed by atoms with Gasteiger partial charge in [0.05, 0.1) is 10.6 Å². The third-order valence-electron chi connectivity index (χ3n) is 8.35. The molecule has 1 saturated carbocycles. The highest BCUT2D eigenvalue weighted by atomic mass is 35.5. The molecule has 7 nitrogen and oxygen atoms in total. The third kappa shape index (κ3) is 8.68. The summed E-state index contributed by atoms with van der Waals surface area (Å²) in [6.07, 6.45) is 3.92. The van der Waals surface area contributed by atoms with Crippen molar-refractivity contribution in [2.24, 2.45) is 0 Å². The van der Waals surface area contributed by atoms with E-state index in [9.17, 15) is 18.0 Å². The Hall–Kier alpha value is -3.56. The van der Waals surface area contributed by atoms with Crippen LogP contribution in [0.4, 0.5) is 5.69 Å². The first kappa shape index (κ1) is 34.8. The molecule has 4 aromatic carbocycles. The minimum Gasteiger partial charge on any atom is -0.352 e. The van der Waals surface area contributed by atoms with Gasteiger partial charge in [-0.1, -0.05) is 108 Å². The van der Waals surface area contributed by atoms with E-state index in [0.29, 0.717) is 20.6 Å². The Morgan fingerprint density at radius 3 is 2.13 bits per heavy atom. The highest BCUT2D eigenvalue weighted by Crippen LogP contribution is 2.30. The van der Waals surface area contributed by atoms with Gasteiger partial charge in [-0.15, -0.1) is 0 Å². The lowest BCUT2D eigenvalue weighted by molar-refractivity contribution is -0.140. The van der Waals surface area contributed by atoms with Crippen molar-refractivity contribution in [1.29, 1.82) is 0 Å². The highest BCUT2D eigenvalue weighted by molar-refractivity contribution is 7.92. The summed E-state index contributed by atoms with van der Waals surface area (Å²) >= 11 is 19.5. The molecule has 1 fully saturated rings. The SMILES string of the molecule is Cc1ccc(S(=O)(=O)N(CC(=O)N(Cc2c(Cl)cccc2Cl)[C@@H](Cc2ccccc2)C(=O)NC2CCCC2)c2cccc(Cl)c2)cc1. The number of benzene rings is 4. The summed E-state index contributed by atoms with van der Waals surface area (Å²) in [4.78, 5) is 30.2. The molecule has 0 heterocycles. The van der Waals surface area contributed by atoms with Gasteiger partial charge in [0.25, 0.3) is 10.0 Å². The summed E-state index contributed by atoms with van der Waals surface area (Å²) in [6, 6.07) is 26.1. The number of nitrogens with one attached hydrogen (secondary N) is 1. The number of carbonyl (C=O) groups is 2. The number of hydrogen-bond donors (Lipinski definition) is 1. The summed E-state index contributed by atoms with van der Waals surface area (Å²) in [5.74, 6) is -0.938. The van der Waals surface area contributed by atoms with Crippen LogP contribution in [0.1, 0.15) is 42.4 Å². The van der Waals surface area contributed by atoms with Crippen LogP contribution in [0.2, 0.25) is 15.1 Å². The number of aryl methyl sites for hydroxylation is 1. The van der Waals surface area contributed by atoms with Crippen molar-refractivity contribution >= 4 is 62.3 Å². The van der Waals surface area contributed by atoms with E-state index in [1.54, 1.807) is 48.5 Å². The Morgan fingerprint density at radius 2 is 1.49 bits per heavy atom. The summed E-state index contributed by atoms with van der Waals surface area (Å²) in [5, 5.41) is 4.10. The molecule has 5 rings (SSSR count). The summed E-state index contributed by atoms with van der Waals surface area (Å²) in [7, 11) is -4.25. The van der Waals surface area contributed by atoms with Crippen LogP contribution in [0.5, 0.6) is 0 Å². The fourth-order valence-electron chi connectivity index (χ4n) is 5.77. The van der Waals surface area contributed by atoms with E-state index in [2.05, 4.69) is 5.32 Å². The zero-order valence-electron chi connectivity index (χ0n) is 25.9. The second kappa shape index (κ2) is 15.6. The lowest BCUT2D eigenvalue weighted by atomic mass is 10.0. The first-order chi connectivity index (χ1) is 22.5. The minimum absolute atomic E-state index is 0.00787. The standard InChI is InChI=1S/C36H36Cl3N3O4S/c1-25-17-19-30(20-18-25)47(45,46)42(29-14-7-11-27(37)22-29)24-35(43)41(23-31-32(38)15-8-16-33(31)39)34(21-26-9-3-2-4-10-26)36(44)40-28-12-5-6-13-28/h2-4,7-11,14-20,22,28,34H,5-6,12-13,21,23-24H2,1H3,(H,40,44)/t34-/m0/s1. The number of sulfonamides is 1. The van der Waals surface area contributed by atoms with Crippen molar-refractivity contribution < 1.29 is 18.0 Å². The van der Waals surface area contributed by atoms with E-state index in [4.69, 9.17) is 34.8 Å². The molecular weight excluding hydrogens is 677 g/mol. The van der Waals surface area contributed by atoms with Gasteiger partial charge in [0.2, 0.25) is 11.8 Å². The van der Waals surface area contributed by atoms with E-state index in [0.717, 1.165) is 41.1 Å². The molecule has 47 heavy (non-hydrogen) atoms. The van der Waals surface area contributed by atoms with Gasteiger partial charge in [0, 0.05) is 39.6 Å². The van der Waals surface area contributed by atoms with E-state index in [1.165, 1.54) is 23.1 Å². The van der Waals surface area contributed by atoms with Crippen molar-refractivity contribution in [1.82, 2.24) is 10.2 Å². The van der Waals surface area contributed by atoms with Crippen LogP contribution in [-0.4, -0.2) is 43.8 Å². The maximum atomic E-state index is 14.7. The Morgan fingerprint density at radius 1 is 0.851 bits per heavy atom. The maximum absolute atomic E-state index is 14.7. The van der Waals surface area contributed by atoms with Gasteiger partial charge in [0.1, 0.15) is 12.6 Å². The average molecular weight is 713 g/mol. The first-order valence-electron chi connectivity index (χ1n) is 15.4. The predicted octanol–water partition coefficient (Wildman–Crippen LogP) is 7.85. The van der Waals surface area contributed by atoms with Crippen molar-refractivity contribution in [3.8, 4) is 0 Å². The first-order valence-corrected chi connectivity index (χ1v) is 18.0. The largest absolute Gasteiger partial charge is 0.352 e. The molecule has 1 N–H and O–H groups in total. The van der Waals surface area contributed by atoms with Crippen LogP contribution < -0.4 is 9.62 Å². The quantitative estimate of drug-likeness (QED) is 0.162. The van der Waals surface area contributed by atoms with Crippen molar-refractivity contribution in [2.45, 2.75) is 62.6 Å². The van der Waals surface area contributed by atoms with E-state index in [-0.39, 0.29) is 35.5 Å². The molecule has 0 aromatic heterocycles. The van der Waals surface area contributed by atoms with Gasteiger partial charge >= 0.3 is 0 Å². The lowest BCUT2D eigenvalue weighted by Crippen LogP contribution is -2.54. The highest BCUT2D eigenvalue weighted by Gasteiger charge is 2.36. The smallest absolute Gasteiger partial charge is 0.264 e. The second-order valence-corrected chi connectivity index (χ2v) is 14.8. The second-order valence-electron chi connectivity index (χ2n) is 11.7. The Labute approximate surface area is 291 Å². The van der Waals surface area contributed by atoms with Crippen LogP contribution in [0.25, 0.3) is 0 Å². The predicted molar refractivity (Wildman–Crippen MR) is 189 cm³/mol. The van der Waals surface area contributed by atoms with Gasteiger partial charge in [-0.25, -0.2) is 8.42 Å².